The zero-order chi connectivity index (χ0) is 13.2. The van der Waals surface area contributed by atoms with Crippen LogP contribution in [0.3, 0.4) is 0 Å². The Morgan fingerprint density at radius 3 is 2.79 bits per heavy atom. The van der Waals surface area contributed by atoms with Gasteiger partial charge < -0.3 is 9.47 Å². The lowest BCUT2D eigenvalue weighted by atomic mass is 10.3. The van der Waals surface area contributed by atoms with Crippen molar-refractivity contribution in [1.29, 1.82) is 0 Å². The molecule has 0 spiro atoms. The Morgan fingerprint density at radius 1 is 1.11 bits per heavy atom. The van der Waals surface area contributed by atoms with Crippen LogP contribution in [0.15, 0.2) is 36.4 Å². The van der Waals surface area contributed by atoms with Crippen molar-refractivity contribution in [2.24, 2.45) is 0 Å². The average Bonchev–Trinajstić information content (AvgIpc) is 2.80. The zero-order valence-electron chi connectivity index (χ0n) is 9.95. The molecule has 0 aliphatic heterocycles. The number of ether oxygens (including phenoxy) is 2. The minimum atomic E-state index is 0.186. The van der Waals surface area contributed by atoms with Crippen molar-refractivity contribution in [3.63, 3.8) is 0 Å². The number of aromatic nitrogens is 4. The molecule has 0 aliphatic carbocycles. The molecular formula is C12H9ClN4O2. The van der Waals surface area contributed by atoms with Crippen molar-refractivity contribution in [3.05, 3.63) is 41.7 Å². The van der Waals surface area contributed by atoms with Gasteiger partial charge in [0.25, 0.3) is 0 Å². The van der Waals surface area contributed by atoms with Crippen LogP contribution in [0.2, 0.25) is 5.28 Å². The van der Waals surface area contributed by atoms with Gasteiger partial charge in [0.05, 0.1) is 7.11 Å². The van der Waals surface area contributed by atoms with Crippen molar-refractivity contribution in [2.75, 3.05) is 7.11 Å². The van der Waals surface area contributed by atoms with Crippen LogP contribution in [0.1, 0.15) is 0 Å². The minimum absolute atomic E-state index is 0.186. The molecule has 2 aromatic heterocycles. The molecule has 0 N–H and O–H groups in total. The van der Waals surface area contributed by atoms with E-state index in [1.807, 2.05) is 18.2 Å². The van der Waals surface area contributed by atoms with Gasteiger partial charge in [0.2, 0.25) is 11.2 Å². The molecule has 0 atom stereocenters. The summed E-state index contributed by atoms with van der Waals surface area (Å²) in [6, 6.07) is 10.7. The highest BCUT2D eigenvalue weighted by Crippen LogP contribution is 2.24. The molecule has 3 aromatic rings. The molecule has 1 aromatic carbocycles. The number of methoxy groups -OCH3 is 1. The van der Waals surface area contributed by atoms with Gasteiger partial charge in [0.15, 0.2) is 5.65 Å². The van der Waals surface area contributed by atoms with E-state index in [1.54, 1.807) is 25.3 Å². The second-order valence-electron chi connectivity index (χ2n) is 3.69. The zero-order valence-corrected chi connectivity index (χ0v) is 10.7. The Morgan fingerprint density at radius 2 is 1.95 bits per heavy atom. The van der Waals surface area contributed by atoms with Gasteiger partial charge in [-0.15, -0.1) is 15.3 Å². The molecule has 19 heavy (non-hydrogen) atoms. The first-order valence-electron chi connectivity index (χ1n) is 5.46. The summed E-state index contributed by atoms with van der Waals surface area (Å²) in [5.41, 5.74) is 0.558. The Bertz CT molecular complexity index is 729. The molecule has 0 saturated heterocycles. The fraction of sp³-hybridized carbons (Fsp3) is 0.0833. The number of fused-ring (bicyclic) bond motifs is 1. The van der Waals surface area contributed by atoms with Gasteiger partial charge >= 0.3 is 0 Å². The van der Waals surface area contributed by atoms with Crippen LogP contribution in [-0.4, -0.2) is 26.9 Å². The maximum Gasteiger partial charge on any atom is 0.246 e. The maximum atomic E-state index is 5.85. The van der Waals surface area contributed by atoms with Gasteiger partial charge in [-0.1, -0.05) is 6.07 Å². The van der Waals surface area contributed by atoms with Crippen molar-refractivity contribution < 1.29 is 9.47 Å². The summed E-state index contributed by atoms with van der Waals surface area (Å²) in [5.74, 6) is 1.72. The monoisotopic (exact) mass is 276 g/mol. The number of benzene rings is 1. The van der Waals surface area contributed by atoms with Crippen LogP contribution in [-0.2, 0) is 0 Å². The van der Waals surface area contributed by atoms with Crippen molar-refractivity contribution in [1.82, 2.24) is 19.8 Å². The van der Waals surface area contributed by atoms with E-state index in [9.17, 15) is 0 Å². The van der Waals surface area contributed by atoms with E-state index in [4.69, 9.17) is 21.1 Å². The highest BCUT2D eigenvalue weighted by atomic mass is 35.5. The second-order valence-corrected chi connectivity index (χ2v) is 4.03. The first-order valence-corrected chi connectivity index (χ1v) is 5.84. The molecule has 7 heteroatoms. The number of nitrogens with zero attached hydrogens (tertiary/aromatic N) is 4. The SMILES string of the molecule is COc1cccc(Oc2ccc3nnc(Cl)n3n2)c1. The summed E-state index contributed by atoms with van der Waals surface area (Å²) in [7, 11) is 1.60. The molecule has 2 heterocycles. The first kappa shape index (κ1) is 11.7. The van der Waals surface area contributed by atoms with E-state index in [0.717, 1.165) is 0 Å². The lowest BCUT2D eigenvalue weighted by molar-refractivity contribution is 0.406. The van der Waals surface area contributed by atoms with Gasteiger partial charge in [-0.05, 0) is 29.8 Å². The third kappa shape index (κ3) is 2.30. The van der Waals surface area contributed by atoms with E-state index in [0.29, 0.717) is 23.0 Å². The summed E-state index contributed by atoms with van der Waals surface area (Å²) in [5, 5.41) is 11.9. The van der Waals surface area contributed by atoms with E-state index in [-0.39, 0.29) is 5.28 Å². The fourth-order valence-electron chi connectivity index (χ4n) is 1.59. The summed E-state index contributed by atoms with van der Waals surface area (Å²) in [6.45, 7) is 0. The normalized spacial score (nSPS) is 10.6. The maximum absolute atomic E-state index is 5.85. The molecule has 0 unspecified atom stereocenters. The standard InChI is InChI=1S/C12H9ClN4O2/c1-18-8-3-2-4-9(7-8)19-11-6-5-10-14-15-12(13)17(10)16-11/h2-7H,1H3. The number of hydrogen-bond donors (Lipinski definition) is 0. The molecule has 0 saturated carbocycles. The van der Waals surface area contributed by atoms with E-state index in [1.165, 1.54) is 4.52 Å². The average molecular weight is 277 g/mol. The lowest BCUT2D eigenvalue weighted by Crippen LogP contribution is -1.95. The smallest absolute Gasteiger partial charge is 0.246 e. The van der Waals surface area contributed by atoms with Crippen molar-refractivity contribution in [3.8, 4) is 17.4 Å². The van der Waals surface area contributed by atoms with Gasteiger partial charge in [0.1, 0.15) is 11.5 Å². The number of rotatable bonds is 3. The van der Waals surface area contributed by atoms with E-state index >= 15 is 0 Å². The van der Waals surface area contributed by atoms with Crippen molar-refractivity contribution >= 4 is 17.2 Å². The summed E-state index contributed by atoms with van der Waals surface area (Å²) >= 11 is 5.85. The van der Waals surface area contributed by atoms with Crippen LogP contribution in [0.5, 0.6) is 17.4 Å². The van der Waals surface area contributed by atoms with Gasteiger partial charge in [-0.3, -0.25) is 0 Å². The lowest BCUT2D eigenvalue weighted by Gasteiger charge is -2.06. The third-order valence-electron chi connectivity index (χ3n) is 2.46. The van der Waals surface area contributed by atoms with Crippen LogP contribution in [0.4, 0.5) is 0 Å². The molecule has 3 rings (SSSR count). The summed E-state index contributed by atoms with van der Waals surface area (Å²) in [6.07, 6.45) is 0. The molecule has 6 nitrogen and oxygen atoms in total. The predicted molar refractivity (Wildman–Crippen MR) is 68.9 cm³/mol. The quantitative estimate of drug-likeness (QED) is 0.736. The largest absolute Gasteiger partial charge is 0.497 e. The summed E-state index contributed by atoms with van der Waals surface area (Å²) in [4.78, 5) is 0. The van der Waals surface area contributed by atoms with Gasteiger partial charge in [0, 0.05) is 12.1 Å². The Kier molecular flexibility index (Phi) is 2.92. The molecule has 0 radical (unpaired) electrons. The Hall–Kier alpha value is -2.34. The van der Waals surface area contributed by atoms with Gasteiger partial charge in [-0.25, -0.2) is 0 Å². The van der Waals surface area contributed by atoms with Gasteiger partial charge in [-0.2, -0.15) is 4.52 Å². The molecule has 0 amide bonds. The van der Waals surface area contributed by atoms with E-state index in [2.05, 4.69) is 15.3 Å². The molecule has 96 valence electrons. The predicted octanol–water partition coefficient (Wildman–Crippen LogP) is 2.58. The first-order chi connectivity index (χ1) is 9.26. The van der Waals surface area contributed by atoms with Crippen LogP contribution >= 0.6 is 11.6 Å². The van der Waals surface area contributed by atoms with Crippen molar-refractivity contribution in [2.45, 2.75) is 0 Å². The topological polar surface area (TPSA) is 61.5 Å². The van der Waals surface area contributed by atoms with Crippen LogP contribution < -0.4 is 9.47 Å². The highest BCUT2D eigenvalue weighted by molar-refractivity contribution is 6.28. The van der Waals surface area contributed by atoms with E-state index < -0.39 is 0 Å². The highest BCUT2D eigenvalue weighted by Gasteiger charge is 2.06. The Balaban J connectivity index is 1.93. The molecular weight excluding hydrogens is 268 g/mol. The Labute approximate surface area is 113 Å². The molecule has 0 fully saturated rings. The van der Waals surface area contributed by atoms with Crippen LogP contribution in [0, 0.1) is 0 Å². The second kappa shape index (κ2) is 4.74. The number of hydrogen-bond acceptors (Lipinski definition) is 5. The summed E-state index contributed by atoms with van der Waals surface area (Å²) < 4.78 is 12.1. The third-order valence-corrected chi connectivity index (χ3v) is 2.70. The van der Waals surface area contributed by atoms with Crippen LogP contribution in [0.25, 0.3) is 5.65 Å². The molecule has 0 aliphatic rings. The molecule has 0 bridgehead atoms. The fourth-order valence-corrected chi connectivity index (χ4v) is 1.75. The minimum Gasteiger partial charge on any atom is -0.497 e. The number of halogens is 1.